The van der Waals surface area contributed by atoms with Gasteiger partial charge in [-0.15, -0.1) is 17.9 Å². The molecule has 0 heterocycles. The van der Waals surface area contributed by atoms with E-state index in [1.807, 2.05) is 0 Å². The minimum atomic E-state index is -4.89. The van der Waals surface area contributed by atoms with E-state index in [0.29, 0.717) is 11.8 Å². The predicted molar refractivity (Wildman–Crippen MR) is 104 cm³/mol. The molecule has 0 radical (unpaired) electrons. The number of phenolic OH excluding ortho intramolecular Hbond substituents is 1. The van der Waals surface area contributed by atoms with Gasteiger partial charge < -0.3 is 19.2 Å². The van der Waals surface area contributed by atoms with Gasteiger partial charge in [-0.1, -0.05) is 24.3 Å². The van der Waals surface area contributed by atoms with Crippen molar-refractivity contribution in [3.63, 3.8) is 0 Å². The van der Waals surface area contributed by atoms with E-state index in [1.54, 1.807) is 26.8 Å². The summed E-state index contributed by atoms with van der Waals surface area (Å²) in [6.07, 6.45) is -4.56. The first-order valence-corrected chi connectivity index (χ1v) is 9.81. The summed E-state index contributed by atoms with van der Waals surface area (Å²) in [5.74, 6) is -0.586. The van der Waals surface area contributed by atoms with Crippen LogP contribution in [0.2, 0.25) is 0 Å². The largest absolute Gasteiger partial charge is 0.598 e. The van der Waals surface area contributed by atoms with Crippen LogP contribution in [-0.4, -0.2) is 27.1 Å². The van der Waals surface area contributed by atoms with Gasteiger partial charge in [0, 0.05) is 17.8 Å². The zero-order valence-electron chi connectivity index (χ0n) is 16.1. The van der Waals surface area contributed by atoms with Crippen molar-refractivity contribution < 1.29 is 32.4 Å². The SMILES string of the molecule is CC(C)(C)[S+]([O-])NC(CC=O)(c1cccc(O)c1)c1cccc(OC(F)(F)F)c1. The summed E-state index contributed by atoms with van der Waals surface area (Å²) in [6, 6.07) is 11.0. The summed E-state index contributed by atoms with van der Waals surface area (Å²) in [6.45, 7) is 5.15. The lowest BCUT2D eigenvalue weighted by Gasteiger charge is -2.37. The first-order chi connectivity index (χ1) is 13.4. The van der Waals surface area contributed by atoms with E-state index in [4.69, 9.17) is 0 Å². The van der Waals surface area contributed by atoms with Crippen molar-refractivity contribution >= 4 is 17.6 Å². The lowest BCUT2D eigenvalue weighted by Crippen LogP contribution is -2.52. The molecule has 0 bridgehead atoms. The van der Waals surface area contributed by atoms with Gasteiger partial charge in [-0.3, -0.25) is 0 Å². The van der Waals surface area contributed by atoms with Gasteiger partial charge in [0.15, 0.2) is 0 Å². The number of phenols is 1. The van der Waals surface area contributed by atoms with Crippen molar-refractivity contribution in [2.45, 2.75) is 43.8 Å². The summed E-state index contributed by atoms with van der Waals surface area (Å²) in [5.41, 5.74) is -0.857. The molecule has 0 spiro atoms. The second-order valence-corrected chi connectivity index (χ2v) is 9.35. The smallest absolute Gasteiger partial charge is 0.573 e. The third-order valence-electron chi connectivity index (χ3n) is 4.11. The number of ether oxygens (including phenoxy) is 1. The second kappa shape index (κ2) is 8.64. The monoisotopic (exact) mass is 429 g/mol. The Bertz CT molecular complexity index is 854. The van der Waals surface area contributed by atoms with Gasteiger partial charge in [0.25, 0.3) is 0 Å². The van der Waals surface area contributed by atoms with Crippen molar-refractivity contribution in [1.82, 2.24) is 4.72 Å². The van der Waals surface area contributed by atoms with Crippen LogP contribution in [0.4, 0.5) is 13.2 Å². The molecule has 2 unspecified atom stereocenters. The maximum atomic E-state index is 12.9. The van der Waals surface area contributed by atoms with Gasteiger partial charge in [-0.2, -0.15) is 0 Å². The van der Waals surface area contributed by atoms with Gasteiger partial charge in [0.05, 0.1) is 0 Å². The number of carbonyl (C=O) groups is 1. The van der Waals surface area contributed by atoms with E-state index in [1.165, 1.54) is 30.3 Å². The molecule has 0 saturated heterocycles. The molecule has 0 fully saturated rings. The molecule has 9 heteroatoms. The molecule has 29 heavy (non-hydrogen) atoms. The fraction of sp³-hybridized carbons (Fsp3) is 0.350. The van der Waals surface area contributed by atoms with Crippen LogP contribution < -0.4 is 9.46 Å². The third kappa shape index (κ3) is 5.88. The van der Waals surface area contributed by atoms with E-state index < -0.39 is 33.8 Å². The molecule has 2 aromatic carbocycles. The minimum absolute atomic E-state index is 0.108. The van der Waals surface area contributed by atoms with Crippen LogP contribution in [0.25, 0.3) is 0 Å². The number of rotatable bonds is 7. The van der Waals surface area contributed by atoms with Crippen LogP contribution in [-0.2, 0) is 21.7 Å². The summed E-state index contributed by atoms with van der Waals surface area (Å²) in [5, 5.41) is 9.93. The molecule has 0 amide bonds. The van der Waals surface area contributed by atoms with Crippen LogP contribution >= 0.6 is 0 Å². The Morgan fingerprint density at radius 1 is 1.10 bits per heavy atom. The van der Waals surface area contributed by atoms with Crippen molar-refractivity contribution in [3.05, 3.63) is 59.7 Å². The highest BCUT2D eigenvalue weighted by Crippen LogP contribution is 2.38. The van der Waals surface area contributed by atoms with Crippen LogP contribution in [0.1, 0.15) is 38.3 Å². The van der Waals surface area contributed by atoms with Crippen molar-refractivity contribution in [1.29, 1.82) is 0 Å². The molecule has 2 N–H and O–H groups in total. The van der Waals surface area contributed by atoms with Gasteiger partial charge in [0.2, 0.25) is 0 Å². The molecule has 0 aliphatic rings. The Morgan fingerprint density at radius 3 is 2.21 bits per heavy atom. The molecule has 0 aliphatic heterocycles. The topological polar surface area (TPSA) is 81.6 Å². The number of aromatic hydroxyl groups is 1. The van der Waals surface area contributed by atoms with Crippen molar-refractivity contribution in [2.24, 2.45) is 0 Å². The van der Waals surface area contributed by atoms with Gasteiger partial charge in [-0.25, -0.2) is 0 Å². The summed E-state index contributed by atoms with van der Waals surface area (Å²) in [4.78, 5) is 11.6. The van der Waals surface area contributed by atoms with Crippen LogP contribution in [0.5, 0.6) is 11.5 Å². The highest BCUT2D eigenvalue weighted by molar-refractivity contribution is 7.90. The Kier molecular flexibility index (Phi) is 6.87. The number of carbonyl (C=O) groups excluding carboxylic acids is 1. The lowest BCUT2D eigenvalue weighted by molar-refractivity contribution is -0.274. The molecular weight excluding hydrogens is 407 g/mol. The molecule has 2 atom stereocenters. The molecule has 158 valence electrons. The quantitative estimate of drug-likeness (QED) is 0.510. The first-order valence-electron chi connectivity index (χ1n) is 8.66. The van der Waals surface area contributed by atoms with E-state index in [-0.39, 0.29) is 17.7 Å². The zero-order valence-corrected chi connectivity index (χ0v) is 16.9. The Labute approximate surface area is 170 Å². The molecule has 5 nitrogen and oxygen atoms in total. The lowest BCUT2D eigenvalue weighted by atomic mass is 9.81. The Balaban J connectivity index is 2.68. The third-order valence-corrected chi connectivity index (χ3v) is 5.76. The van der Waals surface area contributed by atoms with Crippen molar-refractivity contribution in [2.75, 3.05) is 0 Å². The highest BCUT2D eigenvalue weighted by Gasteiger charge is 2.43. The highest BCUT2D eigenvalue weighted by atomic mass is 32.2. The number of hydrogen-bond donors (Lipinski definition) is 2. The Morgan fingerprint density at radius 2 is 1.69 bits per heavy atom. The standard InChI is InChI=1S/C20H22F3NO4S/c1-18(2,3)29(27)24-19(10-11-25,14-6-4-8-16(26)12-14)15-7-5-9-17(13-15)28-20(21,22)23/h4-9,11-13,24,26H,10H2,1-3H3. The average molecular weight is 429 g/mol. The van der Waals surface area contributed by atoms with Crippen molar-refractivity contribution in [3.8, 4) is 11.5 Å². The maximum absolute atomic E-state index is 12.9. The van der Waals surface area contributed by atoms with E-state index in [9.17, 15) is 27.6 Å². The normalized spacial score (nSPS) is 15.4. The zero-order chi connectivity index (χ0) is 21.9. The number of alkyl halides is 3. The average Bonchev–Trinajstić information content (AvgIpc) is 2.59. The summed E-state index contributed by atoms with van der Waals surface area (Å²) in [7, 11) is 0. The van der Waals surface area contributed by atoms with Gasteiger partial charge in [0.1, 0.15) is 28.1 Å². The number of nitrogens with one attached hydrogen (secondary N) is 1. The Hall–Kier alpha value is -2.23. The fourth-order valence-electron chi connectivity index (χ4n) is 2.73. The molecule has 0 aliphatic carbocycles. The number of hydrogen-bond acceptors (Lipinski definition) is 5. The number of benzene rings is 2. The van der Waals surface area contributed by atoms with Crippen LogP contribution in [0.3, 0.4) is 0 Å². The van der Waals surface area contributed by atoms with Crippen LogP contribution in [0, 0.1) is 0 Å². The summed E-state index contributed by atoms with van der Waals surface area (Å²) < 4.78 is 57.2. The molecular formula is C20H22F3NO4S. The van der Waals surface area contributed by atoms with Gasteiger partial charge >= 0.3 is 6.36 Å². The molecule has 2 aromatic rings. The first kappa shape index (κ1) is 23.1. The predicted octanol–water partition coefficient (Wildman–Crippen LogP) is 4.18. The second-order valence-electron chi connectivity index (χ2n) is 7.39. The molecule has 2 rings (SSSR count). The van der Waals surface area contributed by atoms with Crippen LogP contribution in [0.15, 0.2) is 48.5 Å². The number of halogens is 3. The molecule has 0 saturated carbocycles. The number of aldehydes is 1. The summed E-state index contributed by atoms with van der Waals surface area (Å²) >= 11 is -1.70. The minimum Gasteiger partial charge on any atom is -0.598 e. The fourth-order valence-corrected chi connectivity index (χ4v) is 3.67. The molecule has 0 aromatic heterocycles. The van der Waals surface area contributed by atoms with E-state index in [0.717, 1.165) is 12.1 Å². The maximum Gasteiger partial charge on any atom is 0.573 e. The van der Waals surface area contributed by atoms with Gasteiger partial charge in [-0.05, 0) is 56.2 Å². The van der Waals surface area contributed by atoms with E-state index >= 15 is 0 Å². The van der Waals surface area contributed by atoms with E-state index in [2.05, 4.69) is 9.46 Å².